The first-order chi connectivity index (χ1) is 12.4. The standard InChI is InChI=1S/C18H24N2O6/c1-3-8-18(21)26-17-12-6-5-9-14(17)13-16(20(24)25)11-7-10-15(4-2)19(22)23/h3,5-6,8-9,12,15-16H,4,7,10-11,13H2,1-2H3. The van der Waals surface area contributed by atoms with E-state index in [1.54, 1.807) is 44.2 Å². The highest BCUT2D eigenvalue weighted by Gasteiger charge is 2.25. The number of carbonyl (C=O) groups excluding carboxylic acids is 1. The summed E-state index contributed by atoms with van der Waals surface area (Å²) in [6, 6.07) is 5.12. The van der Waals surface area contributed by atoms with Gasteiger partial charge in [-0.3, -0.25) is 20.2 Å². The van der Waals surface area contributed by atoms with Crippen LogP contribution in [0.25, 0.3) is 0 Å². The molecule has 0 aliphatic carbocycles. The van der Waals surface area contributed by atoms with E-state index in [0.717, 1.165) is 0 Å². The quantitative estimate of drug-likeness (QED) is 0.195. The predicted octanol–water partition coefficient (Wildman–Crippen LogP) is 3.58. The molecule has 26 heavy (non-hydrogen) atoms. The molecule has 8 nitrogen and oxygen atoms in total. The average Bonchev–Trinajstić information content (AvgIpc) is 2.58. The van der Waals surface area contributed by atoms with Gasteiger partial charge in [0.15, 0.2) is 0 Å². The van der Waals surface area contributed by atoms with Crippen molar-refractivity contribution in [2.24, 2.45) is 0 Å². The van der Waals surface area contributed by atoms with Gasteiger partial charge in [-0.2, -0.15) is 0 Å². The van der Waals surface area contributed by atoms with Crippen molar-refractivity contribution in [3.63, 3.8) is 0 Å². The third-order valence-electron chi connectivity index (χ3n) is 4.08. The van der Waals surface area contributed by atoms with Crippen molar-refractivity contribution >= 4 is 5.97 Å². The van der Waals surface area contributed by atoms with Crippen molar-refractivity contribution in [1.29, 1.82) is 0 Å². The average molecular weight is 364 g/mol. The number of allylic oxidation sites excluding steroid dienone is 1. The third kappa shape index (κ3) is 7.00. The number of carbonyl (C=O) groups is 1. The Bertz CT molecular complexity index is 659. The van der Waals surface area contributed by atoms with Crippen molar-refractivity contribution in [2.45, 2.75) is 58.0 Å². The van der Waals surface area contributed by atoms with Crippen LogP contribution in [0.3, 0.4) is 0 Å². The minimum Gasteiger partial charge on any atom is -0.423 e. The van der Waals surface area contributed by atoms with Crippen LogP contribution < -0.4 is 4.74 Å². The Hall–Kier alpha value is -2.77. The highest BCUT2D eigenvalue weighted by atomic mass is 16.6. The zero-order valence-electron chi connectivity index (χ0n) is 15.0. The molecule has 0 amide bonds. The number of rotatable bonds is 11. The largest absolute Gasteiger partial charge is 0.423 e. The fourth-order valence-electron chi connectivity index (χ4n) is 2.63. The molecule has 0 aromatic heterocycles. The molecule has 0 saturated carbocycles. The molecule has 1 aromatic rings. The Morgan fingerprint density at radius 2 is 1.77 bits per heavy atom. The molecule has 2 atom stereocenters. The normalized spacial score (nSPS) is 13.3. The van der Waals surface area contributed by atoms with Gasteiger partial charge in [0.2, 0.25) is 12.1 Å². The molecular formula is C18H24N2O6. The van der Waals surface area contributed by atoms with Gasteiger partial charge in [0, 0.05) is 47.2 Å². The van der Waals surface area contributed by atoms with Gasteiger partial charge in [-0.25, -0.2) is 4.79 Å². The zero-order valence-corrected chi connectivity index (χ0v) is 15.0. The van der Waals surface area contributed by atoms with Crippen LogP contribution in [-0.4, -0.2) is 27.9 Å². The van der Waals surface area contributed by atoms with Gasteiger partial charge in [-0.1, -0.05) is 31.2 Å². The first kappa shape index (κ1) is 21.3. The number of hydrogen-bond acceptors (Lipinski definition) is 6. The third-order valence-corrected chi connectivity index (χ3v) is 4.08. The van der Waals surface area contributed by atoms with Crippen LogP contribution in [0.2, 0.25) is 0 Å². The topological polar surface area (TPSA) is 113 Å². The van der Waals surface area contributed by atoms with E-state index in [1.165, 1.54) is 6.08 Å². The molecule has 0 fully saturated rings. The van der Waals surface area contributed by atoms with E-state index in [0.29, 0.717) is 30.6 Å². The smallest absolute Gasteiger partial charge is 0.335 e. The molecule has 142 valence electrons. The SMILES string of the molecule is CC=CC(=O)Oc1ccccc1CC(CCCC(CC)[N+](=O)[O-])[N+](=O)[O-]. The number of hydrogen-bond donors (Lipinski definition) is 0. The van der Waals surface area contributed by atoms with Crippen LogP contribution in [0.5, 0.6) is 5.75 Å². The maximum absolute atomic E-state index is 11.6. The maximum atomic E-state index is 11.6. The van der Waals surface area contributed by atoms with Crippen LogP contribution in [0.1, 0.15) is 45.1 Å². The van der Waals surface area contributed by atoms with Crippen LogP contribution in [0.15, 0.2) is 36.4 Å². The highest BCUT2D eigenvalue weighted by Crippen LogP contribution is 2.23. The molecule has 0 N–H and O–H groups in total. The first-order valence-electron chi connectivity index (χ1n) is 8.58. The molecule has 1 aromatic carbocycles. The molecule has 2 unspecified atom stereocenters. The van der Waals surface area contributed by atoms with Gasteiger partial charge in [0.25, 0.3) is 0 Å². The molecule has 1 rings (SSSR count). The lowest BCUT2D eigenvalue weighted by molar-refractivity contribution is -0.528. The van der Waals surface area contributed by atoms with Crippen molar-refractivity contribution in [2.75, 3.05) is 0 Å². The zero-order chi connectivity index (χ0) is 19.5. The number of ether oxygens (including phenoxy) is 1. The second kappa shape index (κ2) is 11.0. The minimum absolute atomic E-state index is 0.0988. The molecule has 0 spiro atoms. The van der Waals surface area contributed by atoms with Crippen molar-refractivity contribution in [1.82, 2.24) is 0 Å². The molecular weight excluding hydrogens is 340 g/mol. The van der Waals surface area contributed by atoms with E-state index < -0.39 is 18.1 Å². The summed E-state index contributed by atoms with van der Waals surface area (Å²) in [7, 11) is 0. The fraction of sp³-hybridized carbons (Fsp3) is 0.500. The Kier molecular flexibility index (Phi) is 8.97. The highest BCUT2D eigenvalue weighted by molar-refractivity contribution is 5.84. The fourth-order valence-corrected chi connectivity index (χ4v) is 2.63. The minimum atomic E-state index is -0.888. The van der Waals surface area contributed by atoms with E-state index in [9.17, 15) is 25.0 Å². The first-order valence-corrected chi connectivity index (χ1v) is 8.58. The van der Waals surface area contributed by atoms with Gasteiger partial charge < -0.3 is 4.74 Å². The summed E-state index contributed by atoms with van der Waals surface area (Å²) >= 11 is 0. The van der Waals surface area contributed by atoms with E-state index in [2.05, 4.69) is 0 Å². The lowest BCUT2D eigenvalue weighted by Gasteiger charge is -2.13. The van der Waals surface area contributed by atoms with E-state index >= 15 is 0 Å². The van der Waals surface area contributed by atoms with Crippen LogP contribution in [0.4, 0.5) is 0 Å². The summed E-state index contributed by atoms with van der Waals surface area (Å²) in [5, 5.41) is 22.2. The summed E-state index contributed by atoms with van der Waals surface area (Å²) in [4.78, 5) is 33.1. The Balaban J connectivity index is 2.77. The van der Waals surface area contributed by atoms with E-state index in [1.807, 2.05) is 0 Å². The maximum Gasteiger partial charge on any atom is 0.335 e. The second-order valence-corrected chi connectivity index (χ2v) is 5.95. The Morgan fingerprint density at radius 3 is 2.35 bits per heavy atom. The van der Waals surface area contributed by atoms with Gasteiger partial charge in [-0.05, 0) is 19.4 Å². The number of nitrogens with zero attached hydrogens (tertiary/aromatic N) is 2. The summed E-state index contributed by atoms with van der Waals surface area (Å²) in [6.45, 7) is 3.41. The number of para-hydroxylation sites is 1. The van der Waals surface area contributed by atoms with Gasteiger partial charge in [0.1, 0.15) is 5.75 Å². The monoisotopic (exact) mass is 364 g/mol. The Morgan fingerprint density at radius 1 is 1.15 bits per heavy atom. The molecule has 8 heteroatoms. The molecule has 0 aliphatic rings. The number of esters is 1. The number of benzene rings is 1. The second-order valence-electron chi connectivity index (χ2n) is 5.95. The van der Waals surface area contributed by atoms with Crippen molar-refractivity contribution in [3.05, 3.63) is 62.2 Å². The van der Waals surface area contributed by atoms with Crippen molar-refractivity contribution in [3.8, 4) is 5.75 Å². The summed E-state index contributed by atoms with van der Waals surface area (Å²) in [6.07, 6.45) is 4.25. The molecule has 0 heterocycles. The summed E-state index contributed by atoms with van der Waals surface area (Å²) in [5.74, 6) is -0.256. The van der Waals surface area contributed by atoms with Crippen LogP contribution in [0, 0.1) is 20.2 Å². The van der Waals surface area contributed by atoms with Crippen LogP contribution >= 0.6 is 0 Å². The van der Waals surface area contributed by atoms with Crippen LogP contribution in [-0.2, 0) is 11.2 Å². The Labute approximate surface area is 152 Å². The molecule has 0 radical (unpaired) electrons. The van der Waals surface area contributed by atoms with Gasteiger partial charge in [0.05, 0.1) is 0 Å². The molecule has 0 aliphatic heterocycles. The summed E-state index contributed by atoms with van der Waals surface area (Å²) in [5.41, 5.74) is 0.563. The van der Waals surface area contributed by atoms with Gasteiger partial charge >= 0.3 is 5.97 Å². The molecule has 0 saturated heterocycles. The molecule has 0 bridgehead atoms. The van der Waals surface area contributed by atoms with E-state index in [-0.39, 0.29) is 22.7 Å². The van der Waals surface area contributed by atoms with E-state index in [4.69, 9.17) is 4.74 Å². The number of nitro groups is 2. The lowest BCUT2D eigenvalue weighted by Crippen LogP contribution is -2.24. The van der Waals surface area contributed by atoms with Crippen molar-refractivity contribution < 1.29 is 19.4 Å². The summed E-state index contributed by atoms with van der Waals surface area (Å²) < 4.78 is 5.22. The predicted molar refractivity (Wildman–Crippen MR) is 96.3 cm³/mol. The van der Waals surface area contributed by atoms with Gasteiger partial charge in [-0.15, -0.1) is 0 Å². The lowest BCUT2D eigenvalue weighted by atomic mass is 9.98.